The molecule has 140 valence electrons. The van der Waals surface area contributed by atoms with E-state index in [9.17, 15) is 10.1 Å². The summed E-state index contributed by atoms with van der Waals surface area (Å²) < 4.78 is 0. The maximum atomic E-state index is 13.2. The number of nitriles is 1. The number of anilines is 1. The van der Waals surface area contributed by atoms with E-state index in [4.69, 9.17) is 0 Å². The molecule has 0 unspecified atom stereocenters. The van der Waals surface area contributed by atoms with Crippen molar-refractivity contribution in [3.63, 3.8) is 0 Å². The second kappa shape index (κ2) is 8.41. The summed E-state index contributed by atoms with van der Waals surface area (Å²) in [4.78, 5) is 16.9. The number of rotatable bonds is 5. The van der Waals surface area contributed by atoms with Crippen molar-refractivity contribution < 1.29 is 4.79 Å². The van der Waals surface area contributed by atoms with Crippen LogP contribution in [-0.2, 0) is 6.54 Å². The first-order valence-corrected chi connectivity index (χ1v) is 9.11. The van der Waals surface area contributed by atoms with E-state index in [2.05, 4.69) is 6.07 Å². The molecule has 0 radical (unpaired) electrons. The van der Waals surface area contributed by atoms with Gasteiger partial charge in [0.15, 0.2) is 0 Å². The van der Waals surface area contributed by atoms with Gasteiger partial charge in [-0.3, -0.25) is 4.79 Å². The van der Waals surface area contributed by atoms with Gasteiger partial charge in [0.25, 0.3) is 5.91 Å². The summed E-state index contributed by atoms with van der Waals surface area (Å²) >= 11 is 0. The van der Waals surface area contributed by atoms with Gasteiger partial charge in [0.05, 0.1) is 11.6 Å². The fourth-order valence-corrected chi connectivity index (χ4v) is 3.17. The lowest BCUT2D eigenvalue weighted by atomic mass is 9.95. The third-order valence-electron chi connectivity index (χ3n) is 4.71. The number of hydrogen-bond acceptors (Lipinski definition) is 3. The van der Waals surface area contributed by atoms with Gasteiger partial charge in [-0.25, -0.2) is 0 Å². The van der Waals surface area contributed by atoms with E-state index < -0.39 is 0 Å². The predicted octanol–water partition coefficient (Wildman–Crippen LogP) is 4.56. The van der Waals surface area contributed by atoms with Crippen LogP contribution in [0.25, 0.3) is 11.1 Å². The molecule has 0 aliphatic carbocycles. The van der Waals surface area contributed by atoms with Gasteiger partial charge in [-0.2, -0.15) is 5.26 Å². The smallest absolute Gasteiger partial charge is 0.254 e. The molecule has 28 heavy (non-hydrogen) atoms. The van der Waals surface area contributed by atoms with Crippen LogP contribution in [0.5, 0.6) is 0 Å². The SMILES string of the molecule is CN(Cc1ccc(N(C)C)cc1)C(=O)c1ccccc1-c1ccccc1C#N. The highest BCUT2D eigenvalue weighted by Gasteiger charge is 2.18. The van der Waals surface area contributed by atoms with Gasteiger partial charge >= 0.3 is 0 Å². The van der Waals surface area contributed by atoms with Crippen LogP contribution in [0.1, 0.15) is 21.5 Å². The number of carbonyl (C=O) groups is 1. The molecule has 4 heteroatoms. The molecule has 3 aromatic carbocycles. The first kappa shape index (κ1) is 19.2. The molecular formula is C24H23N3O. The number of benzene rings is 3. The van der Waals surface area contributed by atoms with Crippen molar-refractivity contribution >= 4 is 11.6 Å². The normalized spacial score (nSPS) is 10.2. The molecule has 0 heterocycles. The Morgan fingerprint density at radius 2 is 1.46 bits per heavy atom. The monoisotopic (exact) mass is 369 g/mol. The van der Waals surface area contributed by atoms with E-state index in [1.54, 1.807) is 18.0 Å². The maximum Gasteiger partial charge on any atom is 0.254 e. The quantitative estimate of drug-likeness (QED) is 0.662. The minimum absolute atomic E-state index is 0.0694. The summed E-state index contributed by atoms with van der Waals surface area (Å²) in [5.41, 5.74) is 4.90. The number of amides is 1. The van der Waals surface area contributed by atoms with Crippen LogP contribution in [0.3, 0.4) is 0 Å². The first-order valence-electron chi connectivity index (χ1n) is 9.11. The van der Waals surface area contributed by atoms with Crippen molar-refractivity contribution in [3.8, 4) is 17.2 Å². The van der Waals surface area contributed by atoms with E-state index in [1.807, 2.05) is 85.7 Å². The standard InChI is InChI=1S/C24H23N3O/c1-26(2)20-14-12-18(13-15-20)17-27(3)24(28)23-11-7-6-10-22(23)21-9-5-4-8-19(21)16-25/h4-15H,17H2,1-3H3. The summed E-state index contributed by atoms with van der Waals surface area (Å²) in [6, 6.07) is 25.2. The molecule has 0 bridgehead atoms. The fraction of sp³-hybridized carbons (Fsp3) is 0.167. The highest BCUT2D eigenvalue weighted by molar-refractivity contribution is 6.01. The molecule has 0 atom stereocenters. The summed E-state index contributed by atoms with van der Waals surface area (Å²) in [5, 5.41) is 9.43. The molecule has 3 aromatic rings. The van der Waals surface area contributed by atoms with Gasteiger partial charge in [-0.05, 0) is 35.4 Å². The Bertz CT molecular complexity index is 1020. The topological polar surface area (TPSA) is 47.3 Å². The number of nitrogens with zero attached hydrogens (tertiary/aromatic N) is 3. The van der Waals surface area contributed by atoms with Crippen molar-refractivity contribution in [2.45, 2.75) is 6.54 Å². The first-order chi connectivity index (χ1) is 13.5. The molecule has 0 fully saturated rings. The second-order valence-electron chi connectivity index (χ2n) is 6.93. The molecule has 0 saturated carbocycles. The second-order valence-corrected chi connectivity index (χ2v) is 6.93. The number of carbonyl (C=O) groups excluding carboxylic acids is 1. The zero-order chi connectivity index (χ0) is 20.1. The maximum absolute atomic E-state index is 13.2. The van der Waals surface area contributed by atoms with Crippen molar-refractivity contribution in [2.75, 3.05) is 26.0 Å². The van der Waals surface area contributed by atoms with Crippen molar-refractivity contribution in [1.82, 2.24) is 4.90 Å². The molecule has 0 aliphatic heterocycles. The van der Waals surface area contributed by atoms with Crippen LogP contribution >= 0.6 is 0 Å². The fourth-order valence-electron chi connectivity index (χ4n) is 3.17. The molecule has 0 spiro atoms. The van der Waals surface area contributed by atoms with E-state index in [0.29, 0.717) is 17.7 Å². The lowest BCUT2D eigenvalue weighted by Crippen LogP contribution is -2.26. The Labute approximate surface area is 166 Å². The third kappa shape index (κ3) is 4.05. The van der Waals surface area contributed by atoms with E-state index in [1.165, 1.54) is 0 Å². The van der Waals surface area contributed by atoms with E-state index in [-0.39, 0.29) is 5.91 Å². The average molecular weight is 369 g/mol. The highest BCUT2D eigenvalue weighted by atomic mass is 16.2. The van der Waals surface area contributed by atoms with Crippen LogP contribution in [-0.4, -0.2) is 32.0 Å². The zero-order valence-corrected chi connectivity index (χ0v) is 16.4. The molecule has 4 nitrogen and oxygen atoms in total. The summed E-state index contributed by atoms with van der Waals surface area (Å²) in [7, 11) is 5.80. The molecule has 1 amide bonds. The predicted molar refractivity (Wildman–Crippen MR) is 113 cm³/mol. The largest absolute Gasteiger partial charge is 0.378 e. The van der Waals surface area contributed by atoms with Crippen LogP contribution < -0.4 is 4.90 Å². The van der Waals surface area contributed by atoms with Crippen LogP contribution in [0.2, 0.25) is 0 Å². The van der Waals surface area contributed by atoms with Gasteiger partial charge in [0, 0.05) is 44.5 Å². The summed E-state index contributed by atoms with van der Waals surface area (Å²) in [6.07, 6.45) is 0. The summed E-state index contributed by atoms with van der Waals surface area (Å²) in [5.74, 6) is -0.0694. The third-order valence-corrected chi connectivity index (χ3v) is 4.71. The lowest BCUT2D eigenvalue weighted by Gasteiger charge is -2.20. The number of hydrogen-bond donors (Lipinski definition) is 0. The summed E-state index contributed by atoms with van der Waals surface area (Å²) in [6.45, 7) is 0.515. The van der Waals surface area contributed by atoms with E-state index >= 15 is 0 Å². The Morgan fingerprint density at radius 1 is 0.857 bits per heavy atom. The van der Waals surface area contributed by atoms with Gasteiger partial charge < -0.3 is 9.80 Å². The average Bonchev–Trinajstić information content (AvgIpc) is 2.73. The zero-order valence-electron chi connectivity index (χ0n) is 16.4. The van der Waals surface area contributed by atoms with Gasteiger partial charge in [-0.15, -0.1) is 0 Å². The van der Waals surface area contributed by atoms with Crippen molar-refractivity contribution in [1.29, 1.82) is 5.26 Å². The Hall–Kier alpha value is -3.58. The Balaban J connectivity index is 1.87. The molecule has 0 aromatic heterocycles. The van der Waals surface area contributed by atoms with Gasteiger partial charge in [0.1, 0.15) is 0 Å². The van der Waals surface area contributed by atoms with Gasteiger partial charge in [-0.1, -0.05) is 48.5 Å². The Morgan fingerprint density at radius 3 is 2.11 bits per heavy atom. The van der Waals surface area contributed by atoms with Crippen LogP contribution in [0.4, 0.5) is 5.69 Å². The van der Waals surface area contributed by atoms with E-state index in [0.717, 1.165) is 22.4 Å². The minimum atomic E-state index is -0.0694. The van der Waals surface area contributed by atoms with Crippen LogP contribution in [0, 0.1) is 11.3 Å². The molecule has 0 aliphatic rings. The lowest BCUT2D eigenvalue weighted by molar-refractivity contribution is 0.0786. The highest BCUT2D eigenvalue weighted by Crippen LogP contribution is 2.28. The molecule has 3 rings (SSSR count). The van der Waals surface area contributed by atoms with Crippen LogP contribution in [0.15, 0.2) is 72.8 Å². The minimum Gasteiger partial charge on any atom is -0.378 e. The molecule has 0 N–H and O–H groups in total. The van der Waals surface area contributed by atoms with Crippen molar-refractivity contribution in [2.24, 2.45) is 0 Å². The Kier molecular flexibility index (Phi) is 5.76. The molecule has 0 saturated heterocycles. The molecular weight excluding hydrogens is 346 g/mol. The van der Waals surface area contributed by atoms with Gasteiger partial charge in [0.2, 0.25) is 0 Å². The van der Waals surface area contributed by atoms with Crippen molar-refractivity contribution in [3.05, 3.63) is 89.5 Å².